The van der Waals surface area contributed by atoms with Gasteiger partial charge < -0.3 is 5.32 Å². The highest BCUT2D eigenvalue weighted by molar-refractivity contribution is 5.70. The molecule has 0 saturated heterocycles. The molecule has 0 atom stereocenters. The van der Waals surface area contributed by atoms with Crippen molar-refractivity contribution < 1.29 is 0 Å². The third-order valence-electron chi connectivity index (χ3n) is 1.91. The summed E-state index contributed by atoms with van der Waals surface area (Å²) in [6, 6.07) is 8.28. The van der Waals surface area contributed by atoms with Crippen molar-refractivity contribution >= 4 is 11.8 Å². The molecule has 0 aliphatic carbocycles. The highest BCUT2D eigenvalue weighted by atomic mass is 14.9. The predicted molar refractivity (Wildman–Crippen MR) is 52.9 cm³/mol. The van der Waals surface area contributed by atoms with Crippen LogP contribution in [0.25, 0.3) is 6.08 Å². The number of para-hydroxylation sites is 1. The minimum Gasteiger partial charge on any atom is -0.359 e. The van der Waals surface area contributed by atoms with Crippen molar-refractivity contribution in [1.29, 1.82) is 0 Å². The maximum atomic E-state index is 3.32. The van der Waals surface area contributed by atoms with Gasteiger partial charge >= 0.3 is 0 Å². The number of allylic oxidation sites excluding steroid dienone is 3. The molecule has 1 N–H and O–H groups in total. The second-order valence-electron chi connectivity index (χ2n) is 2.92. The van der Waals surface area contributed by atoms with Crippen molar-refractivity contribution in [1.82, 2.24) is 0 Å². The number of rotatable bonds is 0. The largest absolute Gasteiger partial charge is 0.359 e. The van der Waals surface area contributed by atoms with E-state index in [-0.39, 0.29) is 0 Å². The average molecular weight is 157 g/mol. The summed E-state index contributed by atoms with van der Waals surface area (Å²) >= 11 is 0. The molecule has 1 aliphatic heterocycles. The molecule has 0 bridgehead atoms. The second kappa shape index (κ2) is 2.86. The first-order valence-electron chi connectivity index (χ1n) is 4.07. The molecular formula is C11H11N. The molecular weight excluding hydrogens is 146 g/mol. The fraction of sp³-hybridized carbons (Fsp3) is 0.0909. The monoisotopic (exact) mass is 157 g/mol. The molecule has 1 aromatic carbocycles. The van der Waals surface area contributed by atoms with E-state index in [1.165, 1.54) is 16.9 Å². The Morgan fingerprint density at radius 3 is 2.92 bits per heavy atom. The molecule has 0 aromatic heterocycles. The Bertz CT molecular complexity index is 348. The number of nitrogens with one attached hydrogen (secondary N) is 1. The van der Waals surface area contributed by atoms with E-state index in [0.29, 0.717) is 0 Å². The second-order valence-corrected chi connectivity index (χ2v) is 2.92. The van der Waals surface area contributed by atoms with Crippen molar-refractivity contribution in [3.8, 4) is 0 Å². The van der Waals surface area contributed by atoms with E-state index in [2.05, 4.69) is 42.6 Å². The van der Waals surface area contributed by atoms with Crippen LogP contribution in [0.4, 0.5) is 5.69 Å². The smallest absolute Gasteiger partial charge is 0.0455 e. The molecule has 1 aliphatic rings. The first kappa shape index (κ1) is 7.17. The van der Waals surface area contributed by atoms with Crippen LogP contribution in [0.5, 0.6) is 0 Å². The standard InChI is InChI=1S/C11H11N/c1-9-5-4-7-10-6-2-3-8-11(10)12-9/h2-8,12H,1H3. The molecule has 60 valence electrons. The van der Waals surface area contributed by atoms with E-state index in [9.17, 15) is 0 Å². The molecule has 2 rings (SSSR count). The van der Waals surface area contributed by atoms with E-state index in [1.807, 2.05) is 12.1 Å². The molecule has 1 heterocycles. The normalized spacial score (nSPS) is 14.2. The highest BCUT2D eigenvalue weighted by Gasteiger charge is 1.99. The third-order valence-corrected chi connectivity index (χ3v) is 1.91. The van der Waals surface area contributed by atoms with E-state index in [0.717, 1.165) is 0 Å². The minimum atomic E-state index is 1.18. The van der Waals surface area contributed by atoms with Gasteiger partial charge in [-0.3, -0.25) is 0 Å². The van der Waals surface area contributed by atoms with Gasteiger partial charge in [-0.05, 0) is 24.6 Å². The lowest BCUT2D eigenvalue weighted by molar-refractivity contribution is 1.38. The maximum absolute atomic E-state index is 3.32. The summed E-state index contributed by atoms with van der Waals surface area (Å²) in [7, 11) is 0. The Morgan fingerprint density at radius 1 is 1.17 bits per heavy atom. The molecule has 0 radical (unpaired) electrons. The van der Waals surface area contributed by atoms with Crippen LogP contribution in [0, 0.1) is 0 Å². The van der Waals surface area contributed by atoms with Gasteiger partial charge in [0.2, 0.25) is 0 Å². The zero-order valence-electron chi connectivity index (χ0n) is 7.04. The van der Waals surface area contributed by atoms with Gasteiger partial charge in [0.15, 0.2) is 0 Å². The van der Waals surface area contributed by atoms with Crippen LogP contribution >= 0.6 is 0 Å². The van der Waals surface area contributed by atoms with Gasteiger partial charge in [0, 0.05) is 11.4 Å². The zero-order valence-corrected chi connectivity index (χ0v) is 7.04. The van der Waals surface area contributed by atoms with Gasteiger partial charge in [-0.15, -0.1) is 0 Å². The van der Waals surface area contributed by atoms with Gasteiger partial charge in [-0.2, -0.15) is 0 Å². The summed E-state index contributed by atoms with van der Waals surface area (Å²) < 4.78 is 0. The van der Waals surface area contributed by atoms with Crippen molar-refractivity contribution in [2.45, 2.75) is 6.92 Å². The summed E-state index contributed by atoms with van der Waals surface area (Å²) in [4.78, 5) is 0. The van der Waals surface area contributed by atoms with Gasteiger partial charge in [-0.1, -0.05) is 30.4 Å². The molecule has 0 amide bonds. The van der Waals surface area contributed by atoms with E-state index in [4.69, 9.17) is 0 Å². The van der Waals surface area contributed by atoms with Gasteiger partial charge in [0.05, 0.1) is 0 Å². The summed E-state index contributed by atoms with van der Waals surface area (Å²) in [6.07, 6.45) is 6.24. The van der Waals surface area contributed by atoms with Crippen molar-refractivity contribution in [2.75, 3.05) is 5.32 Å². The molecule has 0 fully saturated rings. The highest BCUT2D eigenvalue weighted by Crippen LogP contribution is 2.20. The molecule has 1 nitrogen and oxygen atoms in total. The van der Waals surface area contributed by atoms with Gasteiger partial charge in [0.25, 0.3) is 0 Å². The Morgan fingerprint density at radius 2 is 2.00 bits per heavy atom. The topological polar surface area (TPSA) is 12.0 Å². The fourth-order valence-corrected chi connectivity index (χ4v) is 1.31. The Hall–Kier alpha value is -1.50. The van der Waals surface area contributed by atoms with Crippen LogP contribution in [0.15, 0.2) is 42.1 Å². The van der Waals surface area contributed by atoms with Crippen LogP contribution in [0.2, 0.25) is 0 Å². The molecule has 1 aromatic rings. The lowest BCUT2D eigenvalue weighted by Gasteiger charge is -2.06. The van der Waals surface area contributed by atoms with E-state index < -0.39 is 0 Å². The third kappa shape index (κ3) is 1.26. The van der Waals surface area contributed by atoms with Crippen molar-refractivity contribution in [3.05, 3.63) is 47.7 Å². The van der Waals surface area contributed by atoms with Crippen molar-refractivity contribution in [2.24, 2.45) is 0 Å². The van der Waals surface area contributed by atoms with Gasteiger partial charge in [-0.25, -0.2) is 0 Å². The Labute approximate surface area is 72.4 Å². The van der Waals surface area contributed by atoms with Crippen molar-refractivity contribution in [3.63, 3.8) is 0 Å². The van der Waals surface area contributed by atoms with E-state index in [1.54, 1.807) is 0 Å². The zero-order chi connectivity index (χ0) is 8.39. The van der Waals surface area contributed by atoms with E-state index >= 15 is 0 Å². The summed E-state index contributed by atoms with van der Waals surface area (Å²) in [5.41, 5.74) is 3.60. The predicted octanol–water partition coefficient (Wildman–Crippen LogP) is 3.03. The fourth-order valence-electron chi connectivity index (χ4n) is 1.31. The molecule has 0 spiro atoms. The summed E-state index contributed by atoms with van der Waals surface area (Å²) in [5, 5.41) is 3.32. The Kier molecular flexibility index (Phi) is 1.71. The number of benzene rings is 1. The first-order chi connectivity index (χ1) is 5.86. The van der Waals surface area contributed by atoms with Crippen LogP contribution in [0.3, 0.4) is 0 Å². The van der Waals surface area contributed by atoms with Gasteiger partial charge in [0.1, 0.15) is 0 Å². The molecule has 0 unspecified atom stereocenters. The first-order valence-corrected chi connectivity index (χ1v) is 4.07. The molecule has 12 heavy (non-hydrogen) atoms. The van der Waals surface area contributed by atoms with Crippen LogP contribution in [-0.2, 0) is 0 Å². The van der Waals surface area contributed by atoms with Crippen LogP contribution in [-0.4, -0.2) is 0 Å². The number of hydrogen-bond donors (Lipinski definition) is 1. The quantitative estimate of drug-likeness (QED) is 0.610. The number of hydrogen-bond acceptors (Lipinski definition) is 1. The lowest BCUT2D eigenvalue weighted by atomic mass is 10.2. The Balaban J connectivity index is 2.49. The minimum absolute atomic E-state index is 1.18. The molecule has 1 heteroatoms. The van der Waals surface area contributed by atoms with Crippen LogP contribution in [0.1, 0.15) is 12.5 Å². The maximum Gasteiger partial charge on any atom is 0.0455 e. The molecule has 0 saturated carbocycles. The lowest BCUT2D eigenvalue weighted by Crippen LogP contribution is -1.94. The number of fused-ring (bicyclic) bond motifs is 1. The van der Waals surface area contributed by atoms with Crippen LogP contribution < -0.4 is 5.32 Å². The number of anilines is 1. The SMILES string of the molecule is CC1=CC=Cc2ccccc2N1. The summed E-state index contributed by atoms with van der Waals surface area (Å²) in [6.45, 7) is 2.06. The average Bonchev–Trinajstić information content (AvgIpc) is 2.25. The summed E-state index contributed by atoms with van der Waals surface area (Å²) in [5.74, 6) is 0.